The van der Waals surface area contributed by atoms with Crippen LogP contribution in [0, 0.1) is 0 Å². The van der Waals surface area contributed by atoms with Gasteiger partial charge >= 0.3 is 5.97 Å². The van der Waals surface area contributed by atoms with Gasteiger partial charge in [0.2, 0.25) is 22.7 Å². The molecule has 1 N–H and O–H groups in total. The van der Waals surface area contributed by atoms with E-state index in [9.17, 15) is 18.0 Å². The van der Waals surface area contributed by atoms with Crippen molar-refractivity contribution in [2.24, 2.45) is 0 Å². The number of nitrogens with zero attached hydrogens (tertiary/aromatic N) is 1. The summed E-state index contributed by atoms with van der Waals surface area (Å²) in [6.45, 7) is 2.11. The van der Waals surface area contributed by atoms with Crippen LogP contribution in [-0.4, -0.2) is 46.5 Å². The molecule has 0 fully saturated rings. The van der Waals surface area contributed by atoms with E-state index in [1.165, 1.54) is 16.4 Å². The SMILES string of the molecule is CCOC(=O)c1ccc(NC(=O)CCCN(c2ccc3c(c2)OCO3)S(C)(=O)=O)cc1Cl. The van der Waals surface area contributed by atoms with Crippen LogP contribution in [0.2, 0.25) is 5.02 Å². The van der Waals surface area contributed by atoms with Crippen LogP contribution in [0.4, 0.5) is 11.4 Å². The molecule has 172 valence electrons. The smallest absolute Gasteiger partial charge is 0.339 e. The van der Waals surface area contributed by atoms with Gasteiger partial charge in [-0.2, -0.15) is 0 Å². The first kappa shape index (κ1) is 23.7. The number of sulfonamides is 1. The Morgan fingerprint density at radius 1 is 1.16 bits per heavy atom. The largest absolute Gasteiger partial charge is 0.462 e. The zero-order valence-electron chi connectivity index (χ0n) is 17.6. The molecule has 1 aliphatic rings. The molecule has 0 saturated heterocycles. The van der Waals surface area contributed by atoms with Gasteiger partial charge in [0.25, 0.3) is 0 Å². The number of esters is 1. The molecule has 32 heavy (non-hydrogen) atoms. The Labute approximate surface area is 191 Å². The fourth-order valence-corrected chi connectivity index (χ4v) is 4.32. The molecule has 3 rings (SSSR count). The van der Waals surface area contributed by atoms with Crippen molar-refractivity contribution >= 4 is 44.9 Å². The predicted octanol–water partition coefficient (Wildman–Crippen LogP) is 3.43. The molecule has 0 spiro atoms. The summed E-state index contributed by atoms with van der Waals surface area (Å²) in [6.07, 6.45) is 1.46. The van der Waals surface area contributed by atoms with Crippen molar-refractivity contribution in [3.05, 3.63) is 47.0 Å². The molecular weight excluding hydrogens is 460 g/mol. The zero-order chi connectivity index (χ0) is 23.3. The van der Waals surface area contributed by atoms with E-state index in [0.717, 1.165) is 6.26 Å². The zero-order valence-corrected chi connectivity index (χ0v) is 19.2. The van der Waals surface area contributed by atoms with E-state index in [-0.39, 0.29) is 49.3 Å². The van der Waals surface area contributed by atoms with Gasteiger partial charge in [-0.1, -0.05) is 11.6 Å². The average Bonchev–Trinajstić information content (AvgIpc) is 3.18. The van der Waals surface area contributed by atoms with Crippen LogP contribution in [0.25, 0.3) is 0 Å². The van der Waals surface area contributed by atoms with Crippen LogP contribution in [0.5, 0.6) is 11.5 Å². The lowest BCUT2D eigenvalue weighted by Gasteiger charge is -2.22. The average molecular weight is 483 g/mol. The van der Waals surface area contributed by atoms with E-state index in [0.29, 0.717) is 22.9 Å². The molecule has 1 amide bonds. The number of rotatable bonds is 9. The van der Waals surface area contributed by atoms with Gasteiger partial charge in [0.15, 0.2) is 11.5 Å². The standard InChI is InChI=1S/C21H23ClN2O7S/c1-3-29-21(26)16-8-6-14(11-17(16)22)23-20(25)5-4-10-24(32(2,27)28)15-7-9-18-19(12-15)31-13-30-18/h6-9,11-12H,3-5,10,13H2,1-2H3,(H,23,25). The summed E-state index contributed by atoms with van der Waals surface area (Å²) in [5.41, 5.74) is 1.06. The van der Waals surface area contributed by atoms with Crippen molar-refractivity contribution in [2.75, 3.05) is 35.8 Å². The summed E-state index contributed by atoms with van der Waals surface area (Å²) in [5.74, 6) is 0.162. The molecule has 0 saturated carbocycles. The maximum atomic E-state index is 12.3. The number of halogens is 1. The third-order valence-electron chi connectivity index (χ3n) is 4.56. The van der Waals surface area contributed by atoms with Crippen molar-refractivity contribution in [1.29, 1.82) is 0 Å². The molecule has 2 aromatic carbocycles. The van der Waals surface area contributed by atoms with E-state index < -0.39 is 16.0 Å². The Morgan fingerprint density at radius 3 is 2.59 bits per heavy atom. The summed E-state index contributed by atoms with van der Waals surface area (Å²) in [6, 6.07) is 9.35. The maximum Gasteiger partial charge on any atom is 0.339 e. The third-order valence-corrected chi connectivity index (χ3v) is 6.06. The second-order valence-corrected chi connectivity index (χ2v) is 9.25. The lowest BCUT2D eigenvalue weighted by Crippen LogP contribution is -2.31. The highest BCUT2D eigenvalue weighted by molar-refractivity contribution is 7.92. The second-order valence-electron chi connectivity index (χ2n) is 6.94. The molecule has 0 bridgehead atoms. The van der Waals surface area contributed by atoms with Crippen molar-refractivity contribution in [3.8, 4) is 11.5 Å². The molecule has 0 unspecified atom stereocenters. The number of fused-ring (bicyclic) bond motifs is 1. The van der Waals surface area contributed by atoms with E-state index in [1.54, 1.807) is 31.2 Å². The fourth-order valence-electron chi connectivity index (χ4n) is 3.10. The van der Waals surface area contributed by atoms with Crippen LogP contribution in [0.15, 0.2) is 36.4 Å². The Bertz CT molecular complexity index is 1120. The van der Waals surface area contributed by atoms with E-state index in [1.807, 2.05) is 0 Å². The fraction of sp³-hybridized carbons (Fsp3) is 0.333. The number of nitrogens with one attached hydrogen (secondary N) is 1. The number of hydrogen-bond acceptors (Lipinski definition) is 7. The highest BCUT2D eigenvalue weighted by atomic mass is 35.5. The summed E-state index contributed by atoms with van der Waals surface area (Å²) < 4.78 is 41.2. The van der Waals surface area contributed by atoms with E-state index in [2.05, 4.69) is 5.32 Å². The van der Waals surface area contributed by atoms with Crippen molar-refractivity contribution in [1.82, 2.24) is 0 Å². The number of ether oxygens (including phenoxy) is 3. The maximum absolute atomic E-state index is 12.3. The van der Waals surface area contributed by atoms with Crippen LogP contribution in [0.3, 0.4) is 0 Å². The van der Waals surface area contributed by atoms with Crippen LogP contribution >= 0.6 is 11.6 Å². The van der Waals surface area contributed by atoms with Crippen molar-refractivity contribution in [3.63, 3.8) is 0 Å². The molecule has 2 aromatic rings. The van der Waals surface area contributed by atoms with Gasteiger partial charge in [-0.3, -0.25) is 9.10 Å². The van der Waals surface area contributed by atoms with Gasteiger partial charge in [0, 0.05) is 24.7 Å². The monoisotopic (exact) mass is 482 g/mol. The van der Waals surface area contributed by atoms with Crippen LogP contribution < -0.4 is 19.1 Å². The Balaban J connectivity index is 1.59. The molecule has 1 heterocycles. The summed E-state index contributed by atoms with van der Waals surface area (Å²) in [5, 5.41) is 2.85. The Morgan fingerprint density at radius 2 is 1.91 bits per heavy atom. The number of hydrogen-bond donors (Lipinski definition) is 1. The molecule has 9 nitrogen and oxygen atoms in total. The molecule has 0 radical (unpaired) electrons. The van der Waals surface area contributed by atoms with Gasteiger partial charge in [-0.15, -0.1) is 0 Å². The lowest BCUT2D eigenvalue weighted by molar-refractivity contribution is -0.116. The van der Waals surface area contributed by atoms with Gasteiger partial charge in [-0.05, 0) is 43.7 Å². The first-order valence-electron chi connectivity index (χ1n) is 9.83. The van der Waals surface area contributed by atoms with Gasteiger partial charge in [0.05, 0.1) is 29.1 Å². The summed E-state index contributed by atoms with van der Waals surface area (Å²) >= 11 is 6.10. The van der Waals surface area contributed by atoms with Crippen molar-refractivity contribution < 1.29 is 32.2 Å². The highest BCUT2D eigenvalue weighted by Crippen LogP contribution is 2.36. The third kappa shape index (κ3) is 5.83. The van der Waals surface area contributed by atoms with Gasteiger partial charge < -0.3 is 19.5 Å². The lowest BCUT2D eigenvalue weighted by atomic mass is 10.2. The minimum atomic E-state index is -3.57. The second kappa shape index (κ2) is 10.1. The quantitative estimate of drug-likeness (QED) is 0.545. The van der Waals surface area contributed by atoms with E-state index in [4.69, 9.17) is 25.8 Å². The number of carbonyl (C=O) groups excluding carboxylic acids is 2. The topological polar surface area (TPSA) is 111 Å². The van der Waals surface area contributed by atoms with E-state index >= 15 is 0 Å². The molecule has 0 aliphatic carbocycles. The Kier molecular flexibility index (Phi) is 7.47. The van der Waals surface area contributed by atoms with Gasteiger partial charge in [-0.25, -0.2) is 13.2 Å². The minimum absolute atomic E-state index is 0.0772. The molecule has 0 atom stereocenters. The minimum Gasteiger partial charge on any atom is -0.462 e. The molecule has 11 heteroatoms. The number of benzene rings is 2. The normalized spacial score (nSPS) is 12.3. The Hall–Kier alpha value is -2.98. The summed E-state index contributed by atoms with van der Waals surface area (Å²) in [4.78, 5) is 24.1. The van der Waals surface area contributed by atoms with Crippen molar-refractivity contribution in [2.45, 2.75) is 19.8 Å². The first-order valence-corrected chi connectivity index (χ1v) is 12.1. The van der Waals surface area contributed by atoms with Crippen LogP contribution in [0.1, 0.15) is 30.1 Å². The summed E-state index contributed by atoms with van der Waals surface area (Å²) in [7, 11) is -3.57. The predicted molar refractivity (Wildman–Crippen MR) is 120 cm³/mol. The molecular formula is C21H23ClN2O7S. The first-order chi connectivity index (χ1) is 15.2. The highest BCUT2D eigenvalue weighted by Gasteiger charge is 2.21. The van der Waals surface area contributed by atoms with Crippen LogP contribution in [-0.2, 0) is 19.6 Å². The number of anilines is 2. The number of carbonyl (C=O) groups is 2. The molecule has 1 aliphatic heterocycles. The van der Waals surface area contributed by atoms with Gasteiger partial charge in [0.1, 0.15) is 0 Å². The number of amides is 1. The molecule has 0 aromatic heterocycles.